The summed E-state index contributed by atoms with van der Waals surface area (Å²) < 4.78 is 0. The lowest BCUT2D eigenvalue weighted by Crippen LogP contribution is -2.58. The number of fused-ring (bicyclic) bond motifs is 2. The fourth-order valence-electron chi connectivity index (χ4n) is 5.78. The van der Waals surface area contributed by atoms with E-state index in [9.17, 15) is 34.2 Å². The van der Waals surface area contributed by atoms with E-state index in [0.717, 1.165) is 21.8 Å². The molecule has 2 heterocycles. The Kier molecular flexibility index (Phi) is 11.1. The van der Waals surface area contributed by atoms with Gasteiger partial charge in [0.25, 0.3) is 0 Å². The van der Waals surface area contributed by atoms with Gasteiger partial charge in [-0.15, -0.1) is 0 Å². The largest absolute Gasteiger partial charge is 0.508 e. The first-order valence-electron chi connectivity index (χ1n) is 16.0. The number of para-hydroxylation sites is 2. The van der Waals surface area contributed by atoms with Crippen molar-refractivity contribution in [1.29, 1.82) is 0 Å². The zero-order valence-electron chi connectivity index (χ0n) is 27.0. The molecule has 5 aromatic rings. The standard InChI is InChI=1S/C36H39N7O7/c37-26(13-14-32(38)45)33(46)41-29(15-20-9-11-23(44)12-10-20)34(47)42-30(16-21-18-39-27-7-3-1-5-24(21)27)35(48)43-31(36(49)50)17-22-19-40-28-8-4-2-6-25(22)28/h1-12,18-19,26,29-31,39-40,44H,13-17,37H2,(H2,38,45)(H,41,46)(H,42,47)(H,43,48)(H,49,50). The van der Waals surface area contributed by atoms with Crippen LogP contribution in [0, 0.1) is 0 Å². The van der Waals surface area contributed by atoms with Crippen LogP contribution in [-0.4, -0.2) is 73.9 Å². The number of rotatable bonds is 16. The maximum Gasteiger partial charge on any atom is 0.326 e. The molecule has 3 aromatic carbocycles. The fraction of sp³-hybridized carbons (Fsp3) is 0.250. The molecule has 0 bridgehead atoms. The number of carboxylic acids is 1. The van der Waals surface area contributed by atoms with E-state index in [-0.39, 0.29) is 37.9 Å². The van der Waals surface area contributed by atoms with Gasteiger partial charge in [-0.25, -0.2) is 4.79 Å². The molecule has 2 aromatic heterocycles. The Hall–Kier alpha value is -6.15. The first-order valence-corrected chi connectivity index (χ1v) is 16.0. The Morgan fingerprint density at radius 2 is 1.14 bits per heavy atom. The summed E-state index contributed by atoms with van der Waals surface area (Å²) in [6.45, 7) is 0. The van der Waals surface area contributed by atoms with Crippen LogP contribution < -0.4 is 27.4 Å². The zero-order chi connectivity index (χ0) is 35.8. The van der Waals surface area contributed by atoms with Gasteiger partial charge in [0.1, 0.15) is 23.9 Å². The van der Waals surface area contributed by atoms with Crippen molar-refractivity contribution in [3.05, 3.63) is 102 Å². The highest BCUT2D eigenvalue weighted by Gasteiger charge is 2.32. The number of aromatic amines is 2. The Morgan fingerprint density at radius 3 is 1.68 bits per heavy atom. The number of aromatic hydroxyl groups is 1. The number of nitrogens with two attached hydrogens (primary N) is 2. The van der Waals surface area contributed by atoms with Crippen LogP contribution in [0.4, 0.5) is 0 Å². The highest BCUT2D eigenvalue weighted by Crippen LogP contribution is 2.21. The van der Waals surface area contributed by atoms with E-state index in [1.165, 1.54) is 12.1 Å². The van der Waals surface area contributed by atoms with E-state index in [1.54, 1.807) is 24.5 Å². The normalized spacial score (nSPS) is 13.6. The summed E-state index contributed by atoms with van der Waals surface area (Å²) in [6.07, 6.45) is 3.14. The quantitative estimate of drug-likeness (QED) is 0.0737. The first kappa shape index (κ1) is 35.2. The van der Waals surface area contributed by atoms with Gasteiger partial charge in [0.15, 0.2) is 0 Å². The van der Waals surface area contributed by atoms with E-state index in [2.05, 4.69) is 25.9 Å². The average Bonchev–Trinajstić information content (AvgIpc) is 3.70. The third-order valence-electron chi connectivity index (χ3n) is 8.49. The summed E-state index contributed by atoms with van der Waals surface area (Å²) in [5.41, 5.74) is 14.8. The lowest BCUT2D eigenvalue weighted by atomic mass is 10.0. The van der Waals surface area contributed by atoms with Crippen LogP contribution in [0.2, 0.25) is 0 Å². The number of carbonyl (C=O) groups excluding carboxylic acids is 4. The average molecular weight is 682 g/mol. The summed E-state index contributed by atoms with van der Waals surface area (Å²) in [5.74, 6) is -4.10. The molecule has 0 saturated heterocycles. The molecule has 14 nitrogen and oxygen atoms in total. The van der Waals surface area contributed by atoms with Crippen molar-refractivity contribution in [2.45, 2.75) is 56.3 Å². The molecule has 0 saturated carbocycles. The number of nitrogens with one attached hydrogen (secondary N) is 5. The number of aliphatic carboxylic acids is 1. The number of phenols is 1. The lowest BCUT2D eigenvalue weighted by Gasteiger charge is -2.25. The summed E-state index contributed by atoms with van der Waals surface area (Å²) in [6, 6.07) is 15.8. The second kappa shape index (κ2) is 15.8. The molecule has 0 spiro atoms. The monoisotopic (exact) mass is 681 g/mol. The smallest absolute Gasteiger partial charge is 0.326 e. The van der Waals surface area contributed by atoms with E-state index in [1.807, 2.05) is 48.5 Å². The third kappa shape index (κ3) is 8.85. The molecular weight excluding hydrogens is 642 g/mol. The van der Waals surface area contributed by atoms with Crippen LogP contribution in [0.15, 0.2) is 85.2 Å². The molecule has 50 heavy (non-hydrogen) atoms. The van der Waals surface area contributed by atoms with Crippen molar-refractivity contribution in [3.8, 4) is 5.75 Å². The molecule has 5 rings (SSSR count). The molecule has 0 radical (unpaired) electrons. The summed E-state index contributed by atoms with van der Waals surface area (Å²) >= 11 is 0. The predicted octanol–water partition coefficient (Wildman–Crippen LogP) is 1.51. The second-order valence-electron chi connectivity index (χ2n) is 12.1. The van der Waals surface area contributed by atoms with Crippen LogP contribution in [0.3, 0.4) is 0 Å². The van der Waals surface area contributed by atoms with Crippen LogP contribution >= 0.6 is 0 Å². The topological polar surface area (TPSA) is 246 Å². The molecule has 11 N–H and O–H groups in total. The molecular formula is C36H39N7O7. The zero-order valence-corrected chi connectivity index (χ0v) is 27.0. The van der Waals surface area contributed by atoms with Crippen LogP contribution in [0.5, 0.6) is 5.75 Å². The second-order valence-corrected chi connectivity index (χ2v) is 12.1. The number of benzene rings is 3. The molecule has 0 aliphatic rings. The van der Waals surface area contributed by atoms with Gasteiger partial charge in [0, 0.05) is 59.9 Å². The minimum Gasteiger partial charge on any atom is -0.508 e. The van der Waals surface area contributed by atoms with Crippen molar-refractivity contribution in [1.82, 2.24) is 25.9 Å². The number of carbonyl (C=O) groups is 5. The van der Waals surface area contributed by atoms with Crippen molar-refractivity contribution in [3.63, 3.8) is 0 Å². The number of phenolic OH excluding ortho intramolecular Hbond substituents is 1. The molecule has 4 amide bonds. The number of primary amides is 1. The number of hydrogen-bond acceptors (Lipinski definition) is 7. The van der Waals surface area contributed by atoms with Crippen molar-refractivity contribution in [2.75, 3.05) is 0 Å². The SMILES string of the molecule is NC(=O)CCC(N)C(=O)NC(Cc1ccc(O)cc1)C(=O)NC(Cc1c[nH]c2ccccc12)C(=O)NC(Cc1c[nH]c2ccccc12)C(=O)O. The highest BCUT2D eigenvalue weighted by molar-refractivity contribution is 5.95. The maximum atomic E-state index is 14.0. The maximum absolute atomic E-state index is 14.0. The van der Waals surface area contributed by atoms with Gasteiger partial charge in [-0.3, -0.25) is 19.2 Å². The van der Waals surface area contributed by atoms with Gasteiger partial charge >= 0.3 is 5.97 Å². The van der Waals surface area contributed by atoms with E-state index < -0.39 is 53.8 Å². The van der Waals surface area contributed by atoms with Gasteiger partial charge in [-0.2, -0.15) is 0 Å². The summed E-state index contributed by atoms with van der Waals surface area (Å²) in [7, 11) is 0. The molecule has 260 valence electrons. The van der Waals surface area contributed by atoms with Crippen LogP contribution in [-0.2, 0) is 43.2 Å². The molecule has 0 aliphatic heterocycles. The van der Waals surface area contributed by atoms with Gasteiger partial charge in [0.05, 0.1) is 6.04 Å². The molecule has 4 unspecified atom stereocenters. The third-order valence-corrected chi connectivity index (χ3v) is 8.49. The van der Waals surface area contributed by atoms with Crippen LogP contribution in [0.25, 0.3) is 21.8 Å². The molecule has 0 fully saturated rings. The summed E-state index contributed by atoms with van der Waals surface area (Å²) in [5, 5.41) is 29.5. The minimum atomic E-state index is -1.33. The number of amides is 4. The molecule has 4 atom stereocenters. The molecule has 0 aliphatic carbocycles. The van der Waals surface area contributed by atoms with E-state index in [4.69, 9.17) is 11.5 Å². The van der Waals surface area contributed by atoms with Crippen molar-refractivity contribution in [2.24, 2.45) is 11.5 Å². The van der Waals surface area contributed by atoms with Gasteiger partial charge in [-0.05, 0) is 47.4 Å². The predicted molar refractivity (Wildman–Crippen MR) is 186 cm³/mol. The minimum absolute atomic E-state index is 0.00310. The van der Waals surface area contributed by atoms with Gasteiger partial charge in [-0.1, -0.05) is 48.5 Å². The first-order chi connectivity index (χ1) is 24.0. The number of carboxylic acid groups (broad SMARTS) is 1. The van der Waals surface area contributed by atoms with Crippen molar-refractivity contribution >= 4 is 51.4 Å². The highest BCUT2D eigenvalue weighted by atomic mass is 16.4. The Balaban J connectivity index is 1.41. The number of aromatic nitrogens is 2. The lowest BCUT2D eigenvalue weighted by molar-refractivity contribution is -0.142. The summed E-state index contributed by atoms with van der Waals surface area (Å²) in [4.78, 5) is 70.9. The van der Waals surface area contributed by atoms with Gasteiger partial charge < -0.3 is 47.6 Å². The number of H-pyrrole nitrogens is 2. The van der Waals surface area contributed by atoms with E-state index in [0.29, 0.717) is 16.7 Å². The Bertz CT molecular complexity index is 2000. The van der Waals surface area contributed by atoms with Gasteiger partial charge in [0.2, 0.25) is 23.6 Å². The number of hydrogen-bond donors (Lipinski definition) is 9. The molecule has 14 heteroatoms. The van der Waals surface area contributed by atoms with E-state index >= 15 is 0 Å². The van der Waals surface area contributed by atoms with Crippen molar-refractivity contribution < 1.29 is 34.2 Å². The Labute approximate surface area is 286 Å². The van der Waals surface area contributed by atoms with Crippen LogP contribution in [0.1, 0.15) is 29.5 Å². The fourth-order valence-corrected chi connectivity index (χ4v) is 5.78. The Morgan fingerprint density at radius 1 is 0.660 bits per heavy atom.